The van der Waals surface area contributed by atoms with Gasteiger partial charge in [-0.25, -0.2) is 18.5 Å². The van der Waals surface area contributed by atoms with Gasteiger partial charge >= 0.3 is 0 Å². The molecule has 118 valence electrons. The number of rotatable bonds is 4. The summed E-state index contributed by atoms with van der Waals surface area (Å²) >= 11 is 0. The van der Waals surface area contributed by atoms with Crippen molar-refractivity contribution in [2.24, 2.45) is 5.14 Å². The van der Waals surface area contributed by atoms with Crippen molar-refractivity contribution in [2.75, 3.05) is 7.11 Å². The van der Waals surface area contributed by atoms with E-state index >= 15 is 0 Å². The van der Waals surface area contributed by atoms with E-state index < -0.39 is 10.0 Å². The largest absolute Gasteiger partial charge is 0.480 e. The minimum Gasteiger partial charge on any atom is -0.480 e. The third kappa shape index (κ3) is 2.86. The number of benzene rings is 1. The van der Waals surface area contributed by atoms with Gasteiger partial charge in [-0.15, -0.1) is 10.2 Å². The summed E-state index contributed by atoms with van der Waals surface area (Å²) in [5.41, 5.74) is 1.00. The summed E-state index contributed by atoms with van der Waals surface area (Å²) in [6.07, 6.45) is 2.90. The highest BCUT2D eigenvalue weighted by Crippen LogP contribution is 2.34. The van der Waals surface area contributed by atoms with Gasteiger partial charge in [0, 0.05) is 5.56 Å². The maximum atomic E-state index is 11.9. The smallest absolute Gasteiger partial charge is 0.238 e. The number of nitrogens with zero attached hydrogens (tertiary/aromatic N) is 5. The Morgan fingerprint density at radius 2 is 2.09 bits per heavy atom. The van der Waals surface area contributed by atoms with Crippen LogP contribution in [0.3, 0.4) is 0 Å². The fraction of sp³-hybridized carbons (Fsp3) is 0.0833. The van der Waals surface area contributed by atoms with Gasteiger partial charge in [-0.05, 0) is 11.3 Å². The van der Waals surface area contributed by atoms with Crippen LogP contribution in [0.1, 0.15) is 0 Å². The summed E-state index contributed by atoms with van der Waals surface area (Å²) in [5, 5.41) is 18.7. The zero-order valence-corrected chi connectivity index (χ0v) is 12.6. The second kappa shape index (κ2) is 5.70. The first-order chi connectivity index (χ1) is 11.0. The maximum Gasteiger partial charge on any atom is 0.238 e. The van der Waals surface area contributed by atoms with E-state index in [1.54, 1.807) is 12.1 Å². The Morgan fingerprint density at radius 1 is 1.26 bits per heavy atom. The van der Waals surface area contributed by atoms with Crippen molar-refractivity contribution in [2.45, 2.75) is 4.90 Å². The Labute approximate surface area is 130 Å². The lowest BCUT2D eigenvalue weighted by molar-refractivity contribution is 0.396. The van der Waals surface area contributed by atoms with Crippen LogP contribution in [0.5, 0.6) is 5.88 Å². The third-order valence-electron chi connectivity index (χ3n) is 3.00. The molecule has 3 aromatic rings. The fourth-order valence-corrected chi connectivity index (χ4v) is 2.81. The minimum atomic E-state index is -4.01. The molecular weight excluding hydrogens is 322 g/mol. The average Bonchev–Trinajstić information content (AvgIpc) is 3.07. The molecule has 1 aromatic carbocycles. The Morgan fingerprint density at radius 3 is 2.74 bits per heavy atom. The lowest BCUT2D eigenvalue weighted by atomic mass is 10.0. The highest BCUT2D eigenvalue weighted by Gasteiger charge is 2.23. The normalized spacial score (nSPS) is 11.4. The molecule has 0 saturated heterocycles. The van der Waals surface area contributed by atoms with Gasteiger partial charge in [0.2, 0.25) is 21.7 Å². The molecule has 2 heterocycles. The summed E-state index contributed by atoms with van der Waals surface area (Å²) in [7, 11) is -2.55. The number of aromatic nitrogens is 6. The summed E-state index contributed by atoms with van der Waals surface area (Å²) in [5.74, 6) is 0.358. The standard InChI is InChI=1S/C12H11N7O3S/c1-22-10-6-14-5-8(15-10)7-3-2-4-9(23(13,20)21)11(7)12-16-18-19-17-12/h2-6H,1H3,(H2,13,20,21)(H,16,17,18,19). The molecule has 0 saturated carbocycles. The number of sulfonamides is 1. The van der Waals surface area contributed by atoms with E-state index in [-0.39, 0.29) is 22.2 Å². The predicted octanol–water partition coefficient (Wildman–Crippen LogP) is -0.0203. The van der Waals surface area contributed by atoms with Gasteiger partial charge in [0.15, 0.2) is 0 Å². The van der Waals surface area contributed by atoms with Gasteiger partial charge in [0.05, 0.1) is 35.7 Å². The summed E-state index contributed by atoms with van der Waals surface area (Å²) < 4.78 is 28.8. The Kier molecular flexibility index (Phi) is 3.72. The average molecular weight is 333 g/mol. The van der Waals surface area contributed by atoms with Crippen LogP contribution in [0.4, 0.5) is 0 Å². The first kappa shape index (κ1) is 15.0. The monoisotopic (exact) mass is 333 g/mol. The first-order valence-electron chi connectivity index (χ1n) is 6.26. The molecule has 0 aliphatic carbocycles. The number of aromatic amines is 1. The summed E-state index contributed by atoms with van der Waals surface area (Å²) in [6, 6.07) is 4.56. The molecule has 0 spiro atoms. The van der Waals surface area contributed by atoms with Crippen LogP contribution >= 0.6 is 0 Å². The number of H-pyrrole nitrogens is 1. The lowest BCUT2D eigenvalue weighted by Crippen LogP contribution is -2.14. The Bertz CT molecular complexity index is 941. The lowest BCUT2D eigenvalue weighted by Gasteiger charge is -2.10. The number of hydrogen-bond donors (Lipinski definition) is 2. The van der Waals surface area contributed by atoms with Crippen LogP contribution < -0.4 is 9.88 Å². The first-order valence-corrected chi connectivity index (χ1v) is 7.81. The van der Waals surface area contributed by atoms with Crippen LogP contribution in [0, 0.1) is 0 Å². The second-order valence-electron chi connectivity index (χ2n) is 4.41. The topological polar surface area (TPSA) is 150 Å². The van der Waals surface area contributed by atoms with Crippen molar-refractivity contribution < 1.29 is 13.2 Å². The van der Waals surface area contributed by atoms with Crippen molar-refractivity contribution >= 4 is 10.0 Å². The number of methoxy groups -OCH3 is 1. The van der Waals surface area contributed by atoms with Crippen LogP contribution in [0.25, 0.3) is 22.6 Å². The molecule has 0 aliphatic rings. The van der Waals surface area contributed by atoms with Crippen LogP contribution in [-0.4, -0.2) is 46.1 Å². The molecule has 0 radical (unpaired) electrons. The number of primary sulfonamides is 1. The van der Waals surface area contributed by atoms with Gasteiger partial charge < -0.3 is 4.74 Å². The number of nitrogens with one attached hydrogen (secondary N) is 1. The summed E-state index contributed by atoms with van der Waals surface area (Å²) in [6.45, 7) is 0. The Hall–Kier alpha value is -2.92. The molecule has 3 rings (SSSR count). The second-order valence-corrected chi connectivity index (χ2v) is 5.94. The zero-order chi connectivity index (χ0) is 16.4. The SMILES string of the molecule is COc1cncc(-c2cccc(S(N)(=O)=O)c2-c2nn[nH]n2)n1. The molecule has 11 heteroatoms. The molecule has 0 bridgehead atoms. The van der Waals surface area contributed by atoms with E-state index in [4.69, 9.17) is 9.88 Å². The number of nitrogens with two attached hydrogens (primary N) is 1. The molecule has 0 fully saturated rings. The number of hydrogen-bond acceptors (Lipinski definition) is 8. The fourth-order valence-electron chi connectivity index (χ4n) is 2.06. The predicted molar refractivity (Wildman–Crippen MR) is 78.6 cm³/mol. The van der Waals surface area contributed by atoms with E-state index in [0.717, 1.165) is 0 Å². The van der Waals surface area contributed by atoms with E-state index in [9.17, 15) is 8.42 Å². The molecule has 2 aromatic heterocycles. The number of ether oxygens (including phenoxy) is 1. The molecular formula is C12H11N7O3S. The van der Waals surface area contributed by atoms with E-state index in [2.05, 4.69) is 30.6 Å². The minimum absolute atomic E-state index is 0.0780. The van der Waals surface area contributed by atoms with E-state index in [1.807, 2.05) is 0 Å². The molecule has 0 aliphatic heterocycles. The van der Waals surface area contributed by atoms with Crippen molar-refractivity contribution in [3.8, 4) is 28.5 Å². The van der Waals surface area contributed by atoms with Crippen molar-refractivity contribution in [3.05, 3.63) is 30.6 Å². The van der Waals surface area contributed by atoms with Gasteiger partial charge in [0.25, 0.3) is 0 Å². The molecule has 0 atom stereocenters. The number of tetrazole rings is 1. The third-order valence-corrected chi connectivity index (χ3v) is 3.95. The van der Waals surface area contributed by atoms with E-state index in [0.29, 0.717) is 11.3 Å². The van der Waals surface area contributed by atoms with Crippen LogP contribution in [0.15, 0.2) is 35.5 Å². The quantitative estimate of drug-likeness (QED) is 0.676. The molecule has 0 amide bonds. The molecule has 10 nitrogen and oxygen atoms in total. The van der Waals surface area contributed by atoms with E-state index in [1.165, 1.54) is 25.6 Å². The highest BCUT2D eigenvalue weighted by molar-refractivity contribution is 7.89. The molecule has 23 heavy (non-hydrogen) atoms. The van der Waals surface area contributed by atoms with Crippen LogP contribution in [-0.2, 0) is 10.0 Å². The highest BCUT2D eigenvalue weighted by atomic mass is 32.2. The summed E-state index contributed by atoms with van der Waals surface area (Å²) in [4.78, 5) is 8.12. The van der Waals surface area contributed by atoms with Gasteiger partial charge in [-0.3, -0.25) is 4.98 Å². The van der Waals surface area contributed by atoms with Crippen molar-refractivity contribution in [1.82, 2.24) is 30.6 Å². The van der Waals surface area contributed by atoms with Crippen molar-refractivity contribution in [1.29, 1.82) is 0 Å². The maximum absolute atomic E-state index is 11.9. The Balaban J connectivity index is 2.33. The van der Waals surface area contributed by atoms with Gasteiger partial charge in [-0.2, -0.15) is 5.21 Å². The molecule has 3 N–H and O–H groups in total. The van der Waals surface area contributed by atoms with Gasteiger partial charge in [0.1, 0.15) is 0 Å². The van der Waals surface area contributed by atoms with Crippen LogP contribution in [0.2, 0.25) is 0 Å². The van der Waals surface area contributed by atoms with Gasteiger partial charge in [-0.1, -0.05) is 12.1 Å². The van der Waals surface area contributed by atoms with Crippen molar-refractivity contribution in [3.63, 3.8) is 0 Å². The zero-order valence-electron chi connectivity index (χ0n) is 11.8. The molecule has 0 unspecified atom stereocenters.